The molecular formula is C33H26ClN5O4S. The molecule has 11 heteroatoms. The van der Waals surface area contributed by atoms with Crippen LogP contribution in [-0.4, -0.2) is 45.7 Å². The number of nitrogens with one attached hydrogen (secondary N) is 1. The predicted octanol–water partition coefficient (Wildman–Crippen LogP) is 5.80. The lowest BCUT2D eigenvalue weighted by Gasteiger charge is -2.23. The molecule has 0 saturated heterocycles. The number of ether oxygens (including phenoxy) is 2. The summed E-state index contributed by atoms with van der Waals surface area (Å²) in [6, 6.07) is 28.5. The van der Waals surface area contributed by atoms with Gasteiger partial charge < -0.3 is 14.8 Å². The van der Waals surface area contributed by atoms with Crippen molar-refractivity contribution in [3.8, 4) is 28.4 Å². The van der Waals surface area contributed by atoms with Gasteiger partial charge in [-0.3, -0.25) is 19.5 Å². The molecule has 9 nitrogen and oxygen atoms in total. The lowest BCUT2D eigenvalue weighted by molar-refractivity contribution is -0.123. The highest BCUT2D eigenvalue weighted by molar-refractivity contribution is 8.00. The number of pyridine rings is 1. The van der Waals surface area contributed by atoms with Crippen molar-refractivity contribution < 1.29 is 19.1 Å². The standard InChI is InChI=1S/C33H26ClN5O4S/c34-24-11-4-5-12-25(24)39-33-30(31(37-39)21-8-2-1-3-9-21)32(22-13-14-26-27(16-22)43-20-42-26)44-19-29(41)38(33)18-28(40)36-17-23-10-6-7-15-35-23/h1-16,32H,17-20H2,(H,36,40). The summed E-state index contributed by atoms with van der Waals surface area (Å²) < 4.78 is 13.0. The van der Waals surface area contributed by atoms with E-state index in [1.165, 1.54) is 16.7 Å². The number of thioether (sulfide) groups is 1. The summed E-state index contributed by atoms with van der Waals surface area (Å²) in [5.41, 5.74) is 4.58. The van der Waals surface area contributed by atoms with Gasteiger partial charge in [-0.2, -0.15) is 5.10 Å². The summed E-state index contributed by atoms with van der Waals surface area (Å²) in [6.07, 6.45) is 1.67. The Morgan fingerprint density at radius 2 is 1.77 bits per heavy atom. The number of hydrogen-bond acceptors (Lipinski definition) is 7. The molecule has 2 aromatic heterocycles. The number of amides is 2. The van der Waals surface area contributed by atoms with Gasteiger partial charge in [0, 0.05) is 17.3 Å². The Balaban J connectivity index is 1.40. The van der Waals surface area contributed by atoms with Crippen molar-refractivity contribution in [3.63, 3.8) is 0 Å². The molecule has 1 N–H and O–H groups in total. The summed E-state index contributed by atoms with van der Waals surface area (Å²) in [5.74, 6) is 1.39. The number of carbonyl (C=O) groups is 2. The van der Waals surface area contributed by atoms with Crippen molar-refractivity contribution in [1.82, 2.24) is 20.1 Å². The minimum atomic E-state index is -0.324. The molecule has 2 aliphatic heterocycles. The molecule has 1 atom stereocenters. The molecule has 0 saturated carbocycles. The fraction of sp³-hybridized carbons (Fsp3) is 0.152. The van der Waals surface area contributed by atoms with Gasteiger partial charge in [0.15, 0.2) is 11.5 Å². The number of hydrogen-bond donors (Lipinski definition) is 1. The van der Waals surface area contributed by atoms with Gasteiger partial charge in [-0.05, 0) is 42.0 Å². The molecule has 0 radical (unpaired) electrons. The molecule has 4 heterocycles. The zero-order chi connectivity index (χ0) is 30.0. The van der Waals surface area contributed by atoms with E-state index < -0.39 is 0 Å². The summed E-state index contributed by atoms with van der Waals surface area (Å²) in [6.45, 7) is 0.182. The van der Waals surface area contributed by atoms with Gasteiger partial charge in [0.25, 0.3) is 0 Å². The number of nitrogens with zero attached hydrogens (tertiary/aromatic N) is 4. The van der Waals surface area contributed by atoms with Gasteiger partial charge in [0.2, 0.25) is 18.6 Å². The van der Waals surface area contributed by atoms with Crippen molar-refractivity contribution in [3.05, 3.63) is 119 Å². The van der Waals surface area contributed by atoms with Crippen molar-refractivity contribution in [2.75, 3.05) is 24.0 Å². The number of aromatic nitrogens is 3. The van der Waals surface area contributed by atoms with Crippen molar-refractivity contribution in [2.24, 2.45) is 0 Å². The van der Waals surface area contributed by atoms with Crippen LogP contribution < -0.4 is 19.7 Å². The number of halogens is 1. The first kappa shape index (κ1) is 28.0. The van der Waals surface area contributed by atoms with Crippen LogP contribution in [0.1, 0.15) is 22.1 Å². The molecule has 2 amide bonds. The normalized spacial score (nSPS) is 15.5. The topological polar surface area (TPSA) is 98.6 Å². The Bertz CT molecular complexity index is 1850. The number of para-hydroxylation sites is 1. The summed E-state index contributed by atoms with van der Waals surface area (Å²) in [5, 5.41) is 8.14. The van der Waals surface area contributed by atoms with E-state index in [4.69, 9.17) is 26.2 Å². The number of rotatable bonds is 7. The maximum atomic E-state index is 14.0. The highest BCUT2D eigenvalue weighted by Gasteiger charge is 2.38. The Kier molecular flexibility index (Phi) is 7.68. The third-order valence-electron chi connectivity index (χ3n) is 7.41. The van der Waals surface area contributed by atoms with Crippen LogP contribution in [-0.2, 0) is 16.1 Å². The third kappa shape index (κ3) is 5.38. The average molecular weight is 624 g/mol. The minimum Gasteiger partial charge on any atom is -0.454 e. The average Bonchev–Trinajstić information content (AvgIpc) is 3.66. The van der Waals surface area contributed by atoms with Crippen LogP contribution in [0.5, 0.6) is 11.5 Å². The van der Waals surface area contributed by atoms with Crippen LogP contribution in [0.3, 0.4) is 0 Å². The fourth-order valence-electron chi connectivity index (χ4n) is 5.35. The first-order chi connectivity index (χ1) is 21.6. The van der Waals surface area contributed by atoms with Crippen molar-refractivity contribution >= 4 is 41.0 Å². The van der Waals surface area contributed by atoms with E-state index in [9.17, 15) is 9.59 Å². The largest absolute Gasteiger partial charge is 0.454 e. The zero-order valence-electron chi connectivity index (χ0n) is 23.4. The van der Waals surface area contributed by atoms with Gasteiger partial charge in [-0.1, -0.05) is 66.2 Å². The van der Waals surface area contributed by atoms with Crippen LogP contribution in [0.2, 0.25) is 5.02 Å². The van der Waals surface area contributed by atoms with Crippen molar-refractivity contribution in [2.45, 2.75) is 11.8 Å². The van der Waals surface area contributed by atoms with Gasteiger partial charge in [-0.25, -0.2) is 4.68 Å². The maximum Gasteiger partial charge on any atom is 0.240 e. The molecule has 0 aliphatic carbocycles. The number of fused-ring (bicyclic) bond motifs is 2. The Morgan fingerprint density at radius 3 is 2.59 bits per heavy atom. The lowest BCUT2D eigenvalue weighted by atomic mass is 9.99. The molecule has 0 fully saturated rings. The number of anilines is 1. The van der Waals surface area contributed by atoms with E-state index in [0.717, 1.165) is 22.4 Å². The van der Waals surface area contributed by atoms with Crippen LogP contribution in [0, 0.1) is 0 Å². The smallest absolute Gasteiger partial charge is 0.240 e. The van der Waals surface area contributed by atoms with Crippen molar-refractivity contribution in [1.29, 1.82) is 0 Å². The monoisotopic (exact) mass is 623 g/mol. The summed E-state index contributed by atoms with van der Waals surface area (Å²) in [4.78, 5) is 33.2. The Morgan fingerprint density at radius 1 is 0.977 bits per heavy atom. The van der Waals surface area contributed by atoms with Crippen LogP contribution in [0.25, 0.3) is 16.9 Å². The second kappa shape index (κ2) is 12.1. The van der Waals surface area contributed by atoms with E-state index in [0.29, 0.717) is 33.7 Å². The Hall–Kier alpha value is -4.80. The van der Waals surface area contributed by atoms with Crippen LogP contribution in [0.4, 0.5) is 5.82 Å². The SMILES string of the molecule is O=C(CN1C(=O)CSC(c2ccc3c(c2)OCO3)c2c(-c3ccccc3)nn(-c3ccccc3Cl)c21)NCc1ccccn1. The fourth-order valence-corrected chi connectivity index (χ4v) is 6.75. The minimum absolute atomic E-state index is 0.137. The molecule has 0 bridgehead atoms. The van der Waals surface area contributed by atoms with Gasteiger partial charge in [0.05, 0.1) is 39.6 Å². The molecular weight excluding hydrogens is 598 g/mol. The highest BCUT2D eigenvalue weighted by atomic mass is 35.5. The molecule has 1 unspecified atom stereocenters. The predicted molar refractivity (Wildman–Crippen MR) is 169 cm³/mol. The van der Waals surface area contributed by atoms with Gasteiger partial charge >= 0.3 is 0 Å². The second-order valence-corrected chi connectivity index (χ2v) is 11.7. The molecule has 220 valence electrons. The molecule has 0 spiro atoms. The molecule has 44 heavy (non-hydrogen) atoms. The maximum absolute atomic E-state index is 14.0. The van der Waals surface area contributed by atoms with Crippen LogP contribution in [0.15, 0.2) is 97.2 Å². The molecule has 7 rings (SSSR count). The van der Waals surface area contributed by atoms with Gasteiger partial charge in [-0.15, -0.1) is 11.8 Å². The third-order valence-corrected chi connectivity index (χ3v) is 8.99. The lowest BCUT2D eigenvalue weighted by Crippen LogP contribution is -2.42. The number of benzene rings is 3. The summed E-state index contributed by atoms with van der Waals surface area (Å²) >= 11 is 8.22. The Labute approximate surface area is 262 Å². The molecule has 3 aromatic carbocycles. The highest BCUT2D eigenvalue weighted by Crippen LogP contribution is 2.50. The zero-order valence-corrected chi connectivity index (χ0v) is 24.9. The van der Waals surface area contributed by atoms with E-state index >= 15 is 0 Å². The number of carbonyl (C=O) groups excluding carboxylic acids is 2. The molecule has 2 aliphatic rings. The molecule has 5 aromatic rings. The summed E-state index contributed by atoms with van der Waals surface area (Å²) in [7, 11) is 0. The first-order valence-electron chi connectivity index (χ1n) is 14.0. The quantitative estimate of drug-likeness (QED) is 0.245. The van der Waals surface area contributed by atoms with E-state index in [1.54, 1.807) is 16.9 Å². The van der Waals surface area contributed by atoms with Gasteiger partial charge in [0.1, 0.15) is 12.4 Å². The van der Waals surface area contributed by atoms with Crippen LogP contribution >= 0.6 is 23.4 Å². The van der Waals surface area contributed by atoms with E-state index in [2.05, 4.69) is 10.3 Å². The van der Waals surface area contributed by atoms with E-state index in [1.807, 2.05) is 84.9 Å². The first-order valence-corrected chi connectivity index (χ1v) is 15.4. The van der Waals surface area contributed by atoms with E-state index in [-0.39, 0.29) is 42.7 Å². The second-order valence-electron chi connectivity index (χ2n) is 10.2.